The van der Waals surface area contributed by atoms with E-state index in [1.807, 2.05) is 0 Å². The van der Waals surface area contributed by atoms with Crippen molar-refractivity contribution in [2.75, 3.05) is 6.54 Å². The average Bonchev–Trinajstić information content (AvgIpc) is 3.42. The van der Waals surface area contributed by atoms with E-state index >= 15 is 0 Å². The smallest absolute Gasteiger partial charge is 0.370 e. The average molecular weight is 435 g/mol. The summed E-state index contributed by atoms with van der Waals surface area (Å²) in [6, 6.07) is 4.00. The predicted molar refractivity (Wildman–Crippen MR) is 110 cm³/mol. The molecule has 1 aromatic heterocycles. The zero-order chi connectivity index (χ0) is 22.0. The molecule has 2 aliphatic rings. The monoisotopic (exact) mass is 435 g/mol. The molecule has 1 aromatic carbocycles. The van der Waals surface area contributed by atoms with Gasteiger partial charge in [-0.2, -0.15) is 18.2 Å². The van der Waals surface area contributed by atoms with Gasteiger partial charge < -0.3 is 15.2 Å². The number of likely N-dealkylation sites (tertiary alicyclic amines) is 1. The largest absolute Gasteiger partial charge is 0.416 e. The Hall–Kier alpha value is -2.58. The van der Waals surface area contributed by atoms with Gasteiger partial charge in [0, 0.05) is 12.1 Å². The Labute approximate surface area is 179 Å². The first-order valence-electron chi connectivity index (χ1n) is 11.0. The van der Waals surface area contributed by atoms with Gasteiger partial charge in [0.15, 0.2) is 5.96 Å². The summed E-state index contributed by atoms with van der Waals surface area (Å²) >= 11 is 0. The van der Waals surface area contributed by atoms with Crippen molar-refractivity contribution in [3.05, 3.63) is 35.2 Å². The summed E-state index contributed by atoms with van der Waals surface area (Å²) in [5, 5.41) is 11.6. The number of nitrogens with zero attached hydrogens (tertiary/aromatic N) is 3. The van der Waals surface area contributed by atoms with Gasteiger partial charge in [0.05, 0.1) is 5.56 Å². The maximum Gasteiger partial charge on any atom is 0.416 e. The maximum absolute atomic E-state index is 13.8. The quantitative estimate of drug-likeness (QED) is 0.491. The highest BCUT2D eigenvalue weighted by Gasteiger charge is 2.35. The van der Waals surface area contributed by atoms with Crippen LogP contribution < -0.4 is 5.73 Å². The van der Waals surface area contributed by atoms with Crippen molar-refractivity contribution in [2.24, 2.45) is 11.7 Å². The minimum atomic E-state index is -4.44. The molecule has 1 aliphatic heterocycles. The lowest BCUT2D eigenvalue weighted by Gasteiger charge is -2.22. The van der Waals surface area contributed by atoms with Crippen molar-refractivity contribution in [1.29, 1.82) is 5.41 Å². The van der Waals surface area contributed by atoms with Crippen LogP contribution in [0, 0.1) is 11.3 Å². The third-order valence-corrected chi connectivity index (χ3v) is 6.51. The van der Waals surface area contributed by atoms with E-state index in [4.69, 9.17) is 15.7 Å². The fourth-order valence-corrected chi connectivity index (χ4v) is 4.83. The van der Waals surface area contributed by atoms with E-state index in [1.54, 1.807) is 17.0 Å². The van der Waals surface area contributed by atoms with Crippen LogP contribution in [0.15, 0.2) is 22.7 Å². The van der Waals surface area contributed by atoms with Crippen molar-refractivity contribution in [2.45, 2.75) is 70.0 Å². The number of halogens is 3. The molecule has 3 N–H and O–H groups in total. The molecule has 2 fully saturated rings. The third-order valence-electron chi connectivity index (χ3n) is 6.51. The number of nitrogens with one attached hydrogen (secondary N) is 1. The van der Waals surface area contributed by atoms with Crippen molar-refractivity contribution < 1.29 is 17.7 Å². The molecular weight excluding hydrogens is 407 g/mol. The molecular formula is C22H28F3N5O. The molecule has 1 aliphatic carbocycles. The molecule has 0 spiro atoms. The SMILES string of the molecule is N=C(N)N1CCCC1c1nc(-c2ccc(CCC3CCCCC3)c(C(F)(F)F)c2)no1. The first-order valence-corrected chi connectivity index (χ1v) is 11.0. The Morgan fingerprint density at radius 1 is 1.16 bits per heavy atom. The van der Waals surface area contributed by atoms with Crippen LogP contribution >= 0.6 is 0 Å². The summed E-state index contributed by atoms with van der Waals surface area (Å²) in [6.07, 6.45) is 4.12. The minimum absolute atomic E-state index is 0.0797. The van der Waals surface area contributed by atoms with Crippen LogP contribution in [0.1, 0.15) is 74.4 Å². The Morgan fingerprint density at radius 3 is 2.65 bits per heavy atom. The first-order chi connectivity index (χ1) is 14.8. The lowest BCUT2D eigenvalue weighted by atomic mass is 9.84. The molecule has 168 valence electrons. The molecule has 4 rings (SSSR count). The standard InChI is InChI=1S/C22H28F3N5O/c23-22(24,25)17-13-16(11-10-15(17)9-8-14-5-2-1-3-6-14)19-28-20(31-29-19)18-7-4-12-30(18)21(26)27/h10-11,13-14,18H,1-9,12H2,(H3,26,27). The lowest BCUT2D eigenvalue weighted by Crippen LogP contribution is -2.35. The third kappa shape index (κ3) is 4.85. The highest BCUT2D eigenvalue weighted by atomic mass is 19.4. The van der Waals surface area contributed by atoms with Gasteiger partial charge in [-0.05, 0) is 43.2 Å². The van der Waals surface area contributed by atoms with Crippen molar-refractivity contribution >= 4 is 5.96 Å². The number of aromatic nitrogens is 2. The summed E-state index contributed by atoms with van der Waals surface area (Å²) < 4.78 is 46.7. The van der Waals surface area contributed by atoms with Gasteiger partial charge in [-0.1, -0.05) is 49.4 Å². The first kappa shape index (κ1) is 21.6. The normalized spacial score (nSPS) is 20.4. The molecule has 2 heterocycles. The zero-order valence-corrected chi connectivity index (χ0v) is 17.4. The molecule has 9 heteroatoms. The molecule has 6 nitrogen and oxygen atoms in total. The molecule has 0 amide bonds. The fraction of sp³-hybridized carbons (Fsp3) is 0.591. The Bertz CT molecular complexity index is 920. The number of benzene rings is 1. The Kier molecular flexibility index (Phi) is 6.20. The molecule has 1 unspecified atom stereocenters. The van der Waals surface area contributed by atoms with Crippen molar-refractivity contribution in [3.63, 3.8) is 0 Å². The lowest BCUT2D eigenvalue weighted by molar-refractivity contribution is -0.138. The minimum Gasteiger partial charge on any atom is -0.370 e. The van der Waals surface area contributed by atoms with E-state index in [1.165, 1.54) is 19.3 Å². The molecule has 1 saturated carbocycles. The van der Waals surface area contributed by atoms with Gasteiger partial charge in [-0.25, -0.2) is 0 Å². The molecule has 1 saturated heterocycles. The van der Waals surface area contributed by atoms with E-state index < -0.39 is 11.7 Å². The molecule has 31 heavy (non-hydrogen) atoms. The van der Waals surface area contributed by atoms with Gasteiger partial charge >= 0.3 is 6.18 Å². The molecule has 2 aromatic rings. The number of hydrogen-bond acceptors (Lipinski definition) is 4. The summed E-state index contributed by atoms with van der Waals surface area (Å²) in [4.78, 5) is 5.99. The van der Waals surface area contributed by atoms with Crippen molar-refractivity contribution in [1.82, 2.24) is 15.0 Å². The topological polar surface area (TPSA) is 92.0 Å². The molecule has 1 atom stereocenters. The highest BCUT2D eigenvalue weighted by Crippen LogP contribution is 2.37. The number of nitrogens with two attached hydrogens (primary N) is 1. The van der Waals surface area contributed by atoms with Gasteiger partial charge in [0.1, 0.15) is 6.04 Å². The van der Waals surface area contributed by atoms with Gasteiger partial charge in [-0.3, -0.25) is 5.41 Å². The Balaban J connectivity index is 1.55. The second-order valence-corrected chi connectivity index (χ2v) is 8.61. The Morgan fingerprint density at radius 2 is 1.94 bits per heavy atom. The van der Waals surface area contributed by atoms with Crippen LogP contribution in [0.5, 0.6) is 0 Å². The maximum atomic E-state index is 13.8. The number of aryl methyl sites for hydroxylation is 1. The second-order valence-electron chi connectivity index (χ2n) is 8.61. The number of rotatable bonds is 5. The van der Waals surface area contributed by atoms with Crippen LogP contribution in [-0.4, -0.2) is 27.5 Å². The van der Waals surface area contributed by atoms with Gasteiger partial charge in [0.2, 0.25) is 11.7 Å². The summed E-state index contributed by atoms with van der Waals surface area (Å²) in [6.45, 7) is 0.617. The van der Waals surface area contributed by atoms with E-state index in [2.05, 4.69) is 10.1 Å². The zero-order valence-electron chi connectivity index (χ0n) is 17.4. The van der Waals surface area contributed by atoms with Crippen LogP contribution in [-0.2, 0) is 12.6 Å². The number of alkyl halides is 3. The van der Waals surface area contributed by atoms with Crippen LogP contribution in [0.2, 0.25) is 0 Å². The molecule has 0 radical (unpaired) electrons. The van der Waals surface area contributed by atoms with Crippen LogP contribution in [0.25, 0.3) is 11.4 Å². The highest BCUT2D eigenvalue weighted by molar-refractivity contribution is 5.75. The summed E-state index contributed by atoms with van der Waals surface area (Å²) in [5.41, 5.74) is 5.58. The van der Waals surface area contributed by atoms with Gasteiger partial charge in [0.25, 0.3) is 0 Å². The van der Waals surface area contributed by atoms with E-state index in [9.17, 15) is 13.2 Å². The second kappa shape index (κ2) is 8.88. The number of guanidine groups is 1. The fourth-order valence-electron chi connectivity index (χ4n) is 4.83. The van der Waals surface area contributed by atoms with Crippen LogP contribution in [0.4, 0.5) is 13.2 Å². The molecule has 0 bridgehead atoms. The number of hydrogen-bond donors (Lipinski definition) is 2. The van der Waals surface area contributed by atoms with E-state index in [0.717, 1.165) is 31.7 Å². The summed E-state index contributed by atoms with van der Waals surface area (Å²) in [5.74, 6) is 0.834. The predicted octanol–water partition coefficient (Wildman–Crippen LogP) is 5.30. The van der Waals surface area contributed by atoms with E-state index in [0.29, 0.717) is 30.9 Å². The summed E-state index contributed by atoms with van der Waals surface area (Å²) in [7, 11) is 0. The van der Waals surface area contributed by atoms with Crippen molar-refractivity contribution in [3.8, 4) is 11.4 Å². The van der Waals surface area contributed by atoms with Crippen LogP contribution in [0.3, 0.4) is 0 Å². The van der Waals surface area contributed by atoms with E-state index in [-0.39, 0.29) is 29.3 Å². The van der Waals surface area contributed by atoms with Gasteiger partial charge in [-0.15, -0.1) is 0 Å².